The minimum absolute atomic E-state index is 0.0359. The van der Waals surface area contributed by atoms with Crippen LogP contribution >= 0.6 is 0 Å². The molecule has 1 saturated heterocycles. The number of rotatable bonds is 10. The molecule has 1 aliphatic rings. The highest BCUT2D eigenvalue weighted by Crippen LogP contribution is 2.34. The monoisotopic (exact) mass is 617 g/mol. The molecule has 0 radical (unpaired) electrons. The molecular weight excluding hydrogens is 586 g/mol. The molecule has 3 aromatic heterocycles. The molecule has 0 bridgehead atoms. The highest BCUT2D eigenvalue weighted by Gasteiger charge is 2.25. The first-order valence-corrected chi connectivity index (χ1v) is 15.5. The number of hydrogen-bond donors (Lipinski definition) is 1. The molecule has 1 N–H and O–H groups in total. The van der Waals surface area contributed by atoms with Gasteiger partial charge in [-0.15, -0.1) is 5.10 Å². The van der Waals surface area contributed by atoms with Crippen LogP contribution in [-0.4, -0.2) is 69.7 Å². The summed E-state index contributed by atoms with van der Waals surface area (Å²) in [5.41, 5.74) is 3.58. The highest BCUT2D eigenvalue weighted by molar-refractivity contribution is 7.92. The Morgan fingerprint density at radius 1 is 1.09 bits per heavy atom. The summed E-state index contributed by atoms with van der Waals surface area (Å²) in [6, 6.07) is 12.1. The van der Waals surface area contributed by atoms with E-state index in [9.17, 15) is 13.2 Å². The molecule has 0 spiro atoms. The number of tetrazole rings is 1. The van der Waals surface area contributed by atoms with Gasteiger partial charge in [-0.25, -0.2) is 18.1 Å². The van der Waals surface area contributed by atoms with Gasteiger partial charge in [-0.3, -0.25) is 4.79 Å². The Kier molecular flexibility index (Phi) is 7.86. The van der Waals surface area contributed by atoms with Gasteiger partial charge in [0.15, 0.2) is 0 Å². The number of sulfonamides is 1. The standard InChI is InChI=1S/C29H31N9O5S/c1-19-20(2)33-43-27(19)34-44(40,41)25-9-5-4-8-24(25)23-11-10-21(28-30-12-15-42-28)16-22(23)17-36(3)26(39)18-38-32-29(31-35-38)37-13-6-7-14-37/h4-5,8-12,15-16,34H,6-7,13-14,17-18H2,1-3H3. The second-order valence-electron chi connectivity index (χ2n) is 10.6. The van der Waals surface area contributed by atoms with E-state index in [1.54, 1.807) is 57.4 Å². The summed E-state index contributed by atoms with van der Waals surface area (Å²) in [4.78, 5) is 22.5. The third-order valence-electron chi connectivity index (χ3n) is 7.58. The second-order valence-corrected chi connectivity index (χ2v) is 12.2. The Balaban J connectivity index is 1.31. The van der Waals surface area contributed by atoms with Crippen molar-refractivity contribution < 1.29 is 22.2 Å². The van der Waals surface area contributed by atoms with Gasteiger partial charge in [-0.05, 0) is 61.2 Å². The molecule has 1 aliphatic heterocycles. The largest absolute Gasteiger partial charge is 0.445 e. The lowest BCUT2D eigenvalue weighted by Gasteiger charge is -2.21. The van der Waals surface area contributed by atoms with Gasteiger partial charge in [-0.2, -0.15) is 4.80 Å². The molecule has 228 valence electrons. The van der Waals surface area contributed by atoms with Crippen LogP contribution in [0.3, 0.4) is 0 Å². The van der Waals surface area contributed by atoms with Crippen molar-refractivity contribution in [2.24, 2.45) is 0 Å². The Morgan fingerprint density at radius 3 is 2.61 bits per heavy atom. The SMILES string of the molecule is Cc1noc(NS(=O)(=O)c2ccccc2-c2ccc(-c3ncco3)cc2CN(C)C(=O)Cn2nnc(N3CCCC3)n2)c1C. The molecule has 14 nitrogen and oxygen atoms in total. The molecule has 1 amide bonds. The van der Waals surface area contributed by atoms with Crippen LogP contribution in [0.1, 0.15) is 29.7 Å². The van der Waals surface area contributed by atoms with E-state index < -0.39 is 10.0 Å². The molecule has 0 aliphatic carbocycles. The van der Waals surface area contributed by atoms with Gasteiger partial charge in [0.05, 0.1) is 16.8 Å². The molecule has 0 unspecified atom stereocenters. The Hall–Kier alpha value is -5.05. The zero-order chi connectivity index (χ0) is 30.8. The zero-order valence-electron chi connectivity index (χ0n) is 24.5. The van der Waals surface area contributed by atoms with Gasteiger partial charge in [-0.1, -0.05) is 34.5 Å². The van der Waals surface area contributed by atoms with E-state index >= 15 is 0 Å². The number of likely N-dealkylation sites (N-methyl/N-ethyl adjacent to an activating group) is 1. The molecule has 15 heteroatoms. The molecule has 44 heavy (non-hydrogen) atoms. The zero-order valence-corrected chi connectivity index (χ0v) is 25.3. The number of benzene rings is 2. The molecule has 1 fully saturated rings. The molecule has 0 atom stereocenters. The number of anilines is 2. The quantitative estimate of drug-likeness (QED) is 0.243. The second kappa shape index (κ2) is 11.9. The van der Waals surface area contributed by atoms with Crippen molar-refractivity contribution in [3.05, 3.63) is 71.7 Å². The fourth-order valence-electron chi connectivity index (χ4n) is 5.03. The number of aryl methyl sites for hydroxylation is 1. The lowest BCUT2D eigenvalue weighted by Crippen LogP contribution is -2.31. The summed E-state index contributed by atoms with van der Waals surface area (Å²) in [6.45, 7) is 5.25. The van der Waals surface area contributed by atoms with Crippen molar-refractivity contribution >= 4 is 27.8 Å². The van der Waals surface area contributed by atoms with E-state index in [2.05, 4.69) is 30.3 Å². The number of hydrogen-bond acceptors (Lipinski definition) is 11. The number of carbonyl (C=O) groups excluding carboxylic acids is 1. The average Bonchev–Trinajstić information content (AvgIpc) is 3.84. The minimum Gasteiger partial charge on any atom is -0.445 e. The third-order valence-corrected chi connectivity index (χ3v) is 8.97. The van der Waals surface area contributed by atoms with Crippen molar-refractivity contribution in [3.8, 4) is 22.6 Å². The normalized spacial score (nSPS) is 13.4. The van der Waals surface area contributed by atoms with Crippen LogP contribution in [0.2, 0.25) is 0 Å². The summed E-state index contributed by atoms with van der Waals surface area (Å²) in [5.74, 6) is 0.714. The van der Waals surface area contributed by atoms with Gasteiger partial charge in [0.25, 0.3) is 16.0 Å². The summed E-state index contributed by atoms with van der Waals surface area (Å²) in [5, 5.41) is 16.4. The predicted octanol–water partition coefficient (Wildman–Crippen LogP) is 3.66. The summed E-state index contributed by atoms with van der Waals surface area (Å²) < 4.78 is 40.5. The molecule has 5 aromatic rings. The number of nitrogens with zero attached hydrogens (tertiary/aromatic N) is 8. The maximum atomic E-state index is 13.6. The van der Waals surface area contributed by atoms with Gasteiger partial charge in [0.1, 0.15) is 12.8 Å². The first-order chi connectivity index (χ1) is 21.2. The van der Waals surface area contributed by atoms with E-state index in [0.717, 1.165) is 25.9 Å². The van der Waals surface area contributed by atoms with E-state index in [-0.39, 0.29) is 29.8 Å². The van der Waals surface area contributed by atoms with Crippen molar-refractivity contribution in [2.75, 3.05) is 29.8 Å². The Morgan fingerprint density at radius 2 is 1.89 bits per heavy atom. The Bertz CT molecular complexity index is 1890. The van der Waals surface area contributed by atoms with Crippen LogP contribution in [0.15, 0.2) is 68.8 Å². The third kappa shape index (κ3) is 5.90. The molecular formula is C29H31N9O5S. The van der Waals surface area contributed by atoms with Gasteiger partial charge >= 0.3 is 0 Å². The summed E-state index contributed by atoms with van der Waals surface area (Å²) in [7, 11) is -2.42. The van der Waals surface area contributed by atoms with Crippen LogP contribution in [0.4, 0.5) is 11.8 Å². The lowest BCUT2D eigenvalue weighted by molar-refractivity contribution is -0.131. The fraction of sp³-hybridized carbons (Fsp3) is 0.310. The lowest BCUT2D eigenvalue weighted by atomic mass is 9.97. The Labute approximate surface area is 253 Å². The first kappa shape index (κ1) is 29.0. The van der Waals surface area contributed by atoms with E-state index in [1.807, 2.05) is 11.0 Å². The van der Waals surface area contributed by atoms with Gasteiger partial charge in [0.2, 0.25) is 17.7 Å². The van der Waals surface area contributed by atoms with Crippen molar-refractivity contribution in [2.45, 2.75) is 44.7 Å². The van der Waals surface area contributed by atoms with Crippen molar-refractivity contribution in [1.82, 2.24) is 35.2 Å². The minimum atomic E-state index is -4.09. The number of amides is 1. The van der Waals surface area contributed by atoms with E-state index in [0.29, 0.717) is 45.4 Å². The first-order valence-electron chi connectivity index (χ1n) is 14.0. The van der Waals surface area contributed by atoms with Crippen LogP contribution < -0.4 is 9.62 Å². The van der Waals surface area contributed by atoms with E-state index in [4.69, 9.17) is 8.94 Å². The number of oxazole rings is 1. The molecule has 4 heterocycles. The van der Waals surface area contributed by atoms with Crippen LogP contribution in [0.25, 0.3) is 22.6 Å². The van der Waals surface area contributed by atoms with E-state index in [1.165, 1.54) is 22.0 Å². The average molecular weight is 618 g/mol. The van der Waals surface area contributed by atoms with Crippen molar-refractivity contribution in [3.63, 3.8) is 0 Å². The van der Waals surface area contributed by atoms with Crippen LogP contribution in [0.5, 0.6) is 0 Å². The van der Waals surface area contributed by atoms with Gasteiger partial charge in [0, 0.05) is 43.4 Å². The molecule has 0 saturated carbocycles. The number of aromatic nitrogens is 6. The smallest absolute Gasteiger partial charge is 0.266 e. The molecule has 2 aromatic carbocycles. The number of nitrogens with one attached hydrogen (secondary N) is 1. The highest BCUT2D eigenvalue weighted by atomic mass is 32.2. The van der Waals surface area contributed by atoms with Gasteiger partial charge < -0.3 is 18.7 Å². The maximum Gasteiger partial charge on any atom is 0.266 e. The topological polar surface area (TPSA) is 165 Å². The van der Waals surface area contributed by atoms with Crippen LogP contribution in [-0.2, 0) is 27.9 Å². The predicted molar refractivity (Wildman–Crippen MR) is 160 cm³/mol. The number of carbonyl (C=O) groups is 1. The fourth-order valence-corrected chi connectivity index (χ4v) is 6.30. The van der Waals surface area contributed by atoms with Crippen LogP contribution in [0, 0.1) is 13.8 Å². The maximum absolute atomic E-state index is 13.6. The molecule has 6 rings (SSSR count). The summed E-state index contributed by atoms with van der Waals surface area (Å²) in [6.07, 6.45) is 5.16. The summed E-state index contributed by atoms with van der Waals surface area (Å²) >= 11 is 0. The van der Waals surface area contributed by atoms with Crippen molar-refractivity contribution in [1.29, 1.82) is 0 Å².